The van der Waals surface area contributed by atoms with Gasteiger partial charge in [-0.2, -0.15) is 0 Å². The predicted molar refractivity (Wildman–Crippen MR) is 168 cm³/mol. The van der Waals surface area contributed by atoms with Gasteiger partial charge in [0, 0.05) is 30.0 Å². The monoisotopic (exact) mass is 659 g/mol. The van der Waals surface area contributed by atoms with Gasteiger partial charge < -0.3 is 19.7 Å². The zero-order valence-electron chi connectivity index (χ0n) is 24.4. The molecule has 11 heteroatoms. The Kier molecular flexibility index (Phi) is 12.2. The SMILES string of the molecule is CCCCNC(=O)[C@H](Cc1ccccc1)N(Cc1cccc(Br)c1)C(=O)CN(c1ccc(OC)cc1OC)S(C)(=O)=O. The number of carbonyl (C=O) groups excluding carboxylic acids is 2. The van der Waals surface area contributed by atoms with Crippen LogP contribution in [0.25, 0.3) is 0 Å². The lowest BCUT2D eigenvalue weighted by molar-refractivity contribution is -0.140. The fourth-order valence-electron chi connectivity index (χ4n) is 4.48. The van der Waals surface area contributed by atoms with Crippen molar-refractivity contribution in [1.82, 2.24) is 10.2 Å². The molecule has 0 saturated heterocycles. The van der Waals surface area contributed by atoms with Crippen LogP contribution in [0, 0.1) is 0 Å². The molecular weight excluding hydrogens is 622 g/mol. The van der Waals surface area contributed by atoms with E-state index in [1.165, 1.54) is 25.2 Å². The number of ether oxygens (including phenoxy) is 2. The molecule has 0 aromatic heterocycles. The molecule has 42 heavy (non-hydrogen) atoms. The molecule has 0 aliphatic heterocycles. The van der Waals surface area contributed by atoms with Gasteiger partial charge >= 0.3 is 0 Å². The molecule has 0 bridgehead atoms. The van der Waals surface area contributed by atoms with Crippen LogP contribution < -0.4 is 19.1 Å². The summed E-state index contributed by atoms with van der Waals surface area (Å²) in [6, 6.07) is 20.7. The molecule has 0 aliphatic rings. The van der Waals surface area contributed by atoms with Crippen LogP contribution in [0.2, 0.25) is 0 Å². The van der Waals surface area contributed by atoms with Gasteiger partial charge in [-0.05, 0) is 41.8 Å². The molecule has 3 aromatic carbocycles. The number of nitrogens with one attached hydrogen (secondary N) is 1. The van der Waals surface area contributed by atoms with Crippen molar-refractivity contribution in [3.8, 4) is 11.5 Å². The Labute approximate surface area is 257 Å². The highest BCUT2D eigenvalue weighted by molar-refractivity contribution is 9.10. The van der Waals surface area contributed by atoms with Crippen molar-refractivity contribution in [2.24, 2.45) is 0 Å². The van der Waals surface area contributed by atoms with Crippen molar-refractivity contribution in [2.75, 3.05) is 37.9 Å². The normalized spacial score (nSPS) is 11.8. The molecular formula is C31H38BrN3O6S. The van der Waals surface area contributed by atoms with E-state index in [1.807, 2.05) is 61.5 Å². The van der Waals surface area contributed by atoms with Crippen LogP contribution in [0.15, 0.2) is 77.3 Å². The largest absolute Gasteiger partial charge is 0.497 e. The van der Waals surface area contributed by atoms with Gasteiger partial charge in [-0.25, -0.2) is 8.42 Å². The molecule has 2 amide bonds. The predicted octanol–water partition coefficient (Wildman–Crippen LogP) is 4.79. The van der Waals surface area contributed by atoms with Crippen molar-refractivity contribution in [1.29, 1.82) is 0 Å². The first-order valence-corrected chi connectivity index (χ1v) is 16.3. The van der Waals surface area contributed by atoms with E-state index < -0.39 is 28.5 Å². The van der Waals surface area contributed by atoms with Gasteiger partial charge in [0.2, 0.25) is 21.8 Å². The third-order valence-electron chi connectivity index (χ3n) is 6.68. The highest BCUT2D eigenvalue weighted by Gasteiger charge is 2.33. The van der Waals surface area contributed by atoms with Gasteiger partial charge in [-0.1, -0.05) is 71.7 Å². The van der Waals surface area contributed by atoms with Crippen LogP contribution in [0.1, 0.15) is 30.9 Å². The smallest absolute Gasteiger partial charge is 0.244 e. The minimum Gasteiger partial charge on any atom is -0.497 e. The van der Waals surface area contributed by atoms with Crippen LogP contribution in [0.5, 0.6) is 11.5 Å². The molecule has 0 fully saturated rings. The number of halogens is 1. The number of hydrogen-bond acceptors (Lipinski definition) is 6. The molecule has 0 spiro atoms. The fraction of sp³-hybridized carbons (Fsp3) is 0.355. The second-order valence-electron chi connectivity index (χ2n) is 9.81. The van der Waals surface area contributed by atoms with E-state index in [9.17, 15) is 18.0 Å². The van der Waals surface area contributed by atoms with E-state index in [1.54, 1.807) is 12.1 Å². The summed E-state index contributed by atoms with van der Waals surface area (Å²) in [5.74, 6) is -0.143. The van der Waals surface area contributed by atoms with Gasteiger partial charge in [0.25, 0.3) is 0 Å². The standard InChI is InChI=1S/C31H38BrN3O6S/c1-5-6-17-33-31(37)28(19-23-11-8-7-9-12-23)34(21-24-13-10-14-25(32)18-24)30(36)22-35(42(4,38)39)27-16-15-26(40-2)20-29(27)41-3/h7-16,18,20,28H,5-6,17,19,21-22H2,1-4H3,(H,33,37)/t28-/m0/s1. The summed E-state index contributed by atoms with van der Waals surface area (Å²) in [7, 11) is -1.04. The maximum Gasteiger partial charge on any atom is 0.244 e. The molecule has 226 valence electrons. The zero-order chi connectivity index (χ0) is 30.7. The van der Waals surface area contributed by atoms with Gasteiger partial charge in [-0.3, -0.25) is 13.9 Å². The van der Waals surface area contributed by atoms with Crippen LogP contribution >= 0.6 is 15.9 Å². The van der Waals surface area contributed by atoms with Gasteiger partial charge in [0.05, 0.1) is 26.2 Å². The van der Waals surface area contributed by atoms with E-state index in [0.29, 0.717) is 12.3 Å². The van der Waals surface area contributed by atoms with E-state index in [2.05, 4.69) is 21.2 Å². The van der Waals surface area contributed by atoms with Gasteiger partial charge in [0.1, 0.15) is 24.1 Å². The molecule has 1 N–H and O–H groups in total. The maximum atomic E-state index is 14.2. The van der Waals surface area contributed by atoms with Gasteiger partial charge in [-0.15, -0.1) is 0 Å². The molecule has 0 aliphatic carbocycles. The summed E-state index contributed by atoms with van der Waals surface area (Å²) in [4.78, 5) is 29.3. The first kappa shape index (κ1) is 32.9. The quantitative estimate of drug-likeness (QED) is 0.235. The molecule has 3 aromatic rings. The number of methoxy groups -OCH3 is 2. The molecule has 0 saturated carbocycles. The lowest BCUT2D eigenvalue weighted by Crippen LogP contribution is -2.53. The number of unbranched alkanes of at least 4 members (excludes halogenated alkanes) is 1. The Morgan fingerprint density at radius 3 is 2.29 bits per heavy atom. The zero-order valence-corrected chi connectivity index (χ0v) is 26.8. The number of amides is 2. The third kappa shape index (κ3) is 9.22. The summed E-state index contributed by atoms with van der Waals surface area (Å²) in [6.45, 7) is 2.05. The van der Waals surface area contributed by atoms with E-state index in [-0.39, 0.29) is 30.3 Å². The van der Waals surface area contributed by atoms with Crippen molar-refractivity contribution < 1.29 is 27.5 Å². The van der Waals surface area contributed by atoms with Crippen LogP contribution in [0.3, 0.4) is 0 Å². The second kappa shape index (κ2) is 15.6. The van der Waals surface area contributed by atoms with Crippen LogP contribution in [-0.4, -0.2) is 64.7 Å². The maximum absolute atomic E-state index is 14.2. The van der Waals surface area contributed by atoms with Crippen LogP contribution in [0.4, 0.5) is 5.69 Å². The third-order valence-corrected chi connectivity index (χ3v) is 8.30. The first-order chi connectivity index (χ1) is 20.1. The molecule has 3 rings (SSSR count). The van der Waals surface area contributed by atoms with Crippen molar-refractivity contribution in [3.63, 3.8) is 0 Å². The Morgan fingerprint density at radius 2 is 1.67 bits per heavy atom. The minimum absolute atomic E-state index is 0.0916. The number of benzene rings is 3. The van der Waals surface area contributed by atoms with Crippen molar-refractivity contribution in [3.05, 3.63) is 88.4 Å². The van der Waals surface area contributed by atoms with Gasteiger partial charge in [0.15, 0.2) is 0 Å². The van der Waals surface area contributed by atoms with E-state index >= 15 is 0 Å². The topological polar surface area (TPSA) is 105 Å². The number of hydrogen-bond donors (Lipinski definition) is 1. The molecule has 0 radical (unpaired) electrons. The highest BCUT2D eigenvalue weighted by atomic mass is 79.9. The van der Waals surface area contributed by atoms with E-state index in [0.717, 1.165) is 39.0 Å². The summed E-state index contributed by atoms with van der Waals surface area (Å²) in [5, 5.41) is 2.97. The number of sulfonamides is 1. The number of rotatable bonds is 15. The first-order valence-electron chi connectivity index (χ1n) is 13.6. The lowest BCUT2D eigenvalue weighted by Gasteiger charge is -2.33. The molecule has 0 unspecified atom stereocenters. The minimum atomic E-state index is -3.94. The molecule has 0 heterocycles. The summed E-state index contributed by atoms with van der Waals surface area (Å²) >= 11 is 3.48. The Bertz CT molecular complexity index is 1450. The highest BCUT2D eigenvalue weighted by Crippen LogP contribution is 2.34. The summed E-state index contributed by atoms with van der Waals surface area (Å²) in [5.41, 5.74) is 1.84. The molecule has 9 nitrogen and oxygen atoms in total. The van der Waals surface area contributed by atoms with Crippen molar-refractivity contribution >= 4 is 43.5 Å². The average molecular weight is 661 g/mol. The Hall–Kier alpha value is -3.57. The summed E-state index contributed by atoms with van der Waals surface area (Å²) in [6.07, 6.45) is 2.98. The fourth-order valence-corrected chi connectivity index (χ4v) is 5.78. The average Bonchev–Trinajstić information content (AvgIpc) is 2.97. The number of nitrogens with zero attached hydrogens (tertiary/aromatic N) is 2. The lowest BCUT2D eigenvalue weighted by atomic mass is 10.0. The Balaban J connectivity index is 2.07. The number of anilines is 1. The second-order valence-corrected chi connectivity index (χ2v) is 12.6. The van der Waals surface area contributed by atoms with E-state index in [4.69, 9.17) is 9.47 Å². The Morgan fingerprint density at radius 1 is 0.952 bits per heavy atom. The van der Waals surface area contributed by atoms with Crippen molar-refractivity contribution in [2.45, 2.75) is 38.8 Å². The number of carbonyl (C=O) groups is 2. The molecule has 1 atom stereocenters. The summed E-state index contributed by atoms with van der Waals surface area (Å²) < 4.78 is 38.7. The van der Waals surface area contributed by atoms with Crippen LogP contribution in [-0.2, 0) is 32.6 Å².